The summed E-state index contributed by atoms with van der Waals surface area (Å²) in [6.07, 6.45) is 7.39. The first-order valence-corrected chi connectivity index (χ1v) is 23.3. The third-order valence-electron chi connectivity index (χ3n) is 14.7. The van der Waals surface area contributed by atoms with Crippen LogP contribution in [0.2, 0.25) is 0 Å². The Morgan fingerprint density at radius 2 is 1.30 bits per heavy atom. The number of carbonyl (C=O) groups excluding carboxylic acids is 1. The van der Waals surface area contributed by atoms with Gasteiger partial charge in [0.25, 0.3) is 0 Å². The van der Waals surface area contributed by atoms with Gasteiger partial charge in [-0.2, -0.15) is 0 Å². The van der Waals surface area contributed by atoms with Gasteiger partial charge in [0.2, 0.25) is 0 Å². The second-order valence-electron chi connectivity index (χ2n) is 20.4. The van der Waals surface area contributed by atoms with E-state index in [1.807, 2.05) is 24.3 Å². The third-order valence-corrected chi connectivity index (χ3v) is 14.7. The van der Waals surface area contributed by atoms with Crippen LogP contribution in [0.3, 0.4) is 0 Å². The zero-order chi connectivity index (χ0) is 45.6. The molecule has 7 heteroatoms. The summed E-state index contributed by atoms with van der Waals surface area (Å²) in [6.45, 7) is 14.2. The van der Waals surface area contributed by atoms with E-state index in [0.717, 1.165) is 121 Å². The molecule has 1 atom stereocenters. The fraction of sp³-hybridized carbons (Fsp3) is 0.305. The summed E-state index contributed by atoms with van der Waals surface area (Å²) in [6, 6.07) is 43.0. The highest BCUT2D eigenvalue weighted by molar-refractivity contribution is 6.12. The Bertz CT molecular complexity index is 3080. The van der Waals surface area contributed by atoms with Crippen molar-refractivity contribution < 1.29 is 28.5 Å². The number of fused-ring (bicyclic) bond motifs is 11. The molecule has 1 unspecified atom stereocenters. The predicted molar refractivity (Wildman–Crippen MR) is 265 cm³/mol. The van der Waals surface area contributed by atoms with E-state index in [1.54, 1.807) is 14.2 Å². The Morgan fingerprint density at radius 3 is 2.00 bits per heavy atom. The standard InChI is InChI=1S/C59H57NO6/c1-37(61)65-50-17-11-16-45-52-48-32-47(44-15-10-13-38-12-8-9-14-43(38)44)51(63-7)33-49(48)55-46(54(52)58(53(45)50)35-56(2,3)34-57(4,5)36-58)26-27-59(66-55,40-20-24-42(62-6)25-21-40)39-18-22-41(23-19-39)60-28-30-64-31-29-60/h8-27,32-33H,28-31,34-36H2,1-7H3. The maximum Gasteiger partial charge on any atom is 0.308 e. The molecule has 2 aliphatic carbocycles. The third kappa shape index (κ3) is 6.68. The lowest BCUT2D eigenvalue weighted by Gasteiger charge is -2.52. The molecule has 66 heavy (non-hydrogen) atoms. The first-order valence-electron chi connectivity index (χ1n) is 23.3. The zero-order valence-corrected chi connectivity index (χ0v) is 39.0. The van der Waals surface area contributed by atoms with E-state index in [2.05, 4.69) is 142 Å². The number of anilines is 1. The summed E-state index contributed by atoms with van der Waals surface area (Å²) >= 11 is 0. The molecule has 4 aliphatic rings. The average molecular weight is 876 g/mol. The van der Waals surface area contributed by atoms with Gasteiger partial charge in [0, 0.05) is 64.3 Å². The number of rotatable bonds is 7. The monoisotopic (exact) mass is 875 g/mol. The molecule has 0 bridgehead atoms. The number of methoxy groups -OCH3 is 2. The largest absolute Gasteiger partial charge is 0.497 e. The van der Waals surface area contributed by atoms with Crippen molar-refractivity contribution >= 4 is 39.3 Å². The van der Waals surface area contributed by atoms with Crippen molar-refractivity contribution in [2.75, 3.05) is 45.4 Å². The van der Waals surface area contributed by atoms with Crippen LogP contribution in [-0.2, 0) is 20.5 Å². The van der Waals surface area contributed by atoms with Crippen molar-refractivity contribution in [3.8, 4) is 45.3 Å². The summed E-state index contributed by atoms with van der Waals surface area (Å²) in [5.74, 6) is 2.63. The summed E-state index contributed by atoms with van der Waals surface area (Å²) in [4.78, 5) is 15.4. The molecule has 334 valence electrons. The van der Waals surface area contributed by atoms with E-state index in [0.29, 0.717) is 19.0 Å². The molecule has 2 aliphatic heterocycles. The number of esters is 1. The van der Waals surface area contributed by atoms with Crippen LogP contribution in [0.15, 0.2) is 127 Å². The molecule has 2 fully saturated rings. The summed E-state index contributed by atoms with van der Waals surface area (Å²) in [5, 5.41) is 4.32. The lowest BCUT2D eigenvalue weighted by Crippen LogP contribution is -2.44. The normalized spacial score (nSPS) is 19.8. The van der Waals surface area contributed by atoms with E-state index in [4.69, 9.17) is 23.7 Å². The van der Waals surface area contributed by atoms with Crippen LogP contribution in [-0.4, -0.2) is 46.5 Å². The second-order valence-corrected chi connectivity index (χ2v) is 20.4. The molecule has 11 rings (SSSR count). The Morgan fingerprint density at radius 1 is 0.636 bits per heavy atom. The number of hydrogen-bond donors (Lipinski definition) is 0. The molecular weight excluding hydrogens is 819 g/mol. The molecule has 0 N–H and O–H groups in total. The maximum atomic E-state index is 13.0. The smallest absolute Gasteiger partial charge is 0.308 e. The Kier molecular flexibility index (Phi) is 9.90. The van der Waals surface area contributed by atoms with E-state index >= 15 is 0 Å². The van der Waals surface area contributed by atoms with Gasteiger partial charge in [-0.1, -0.05) is 113 Å². The van der Waals surface area contributed by atoms with Crippen LogP contribution >= 0.6 is 0 Å². The predicted octanol–water partition coefficient (Wildman–Crippen LogP) is 13.3. The van der Waals surface area contributed by atoms with Gasteiger partial charge in [-0.05, 0) is 117 Å². The van der Waals surface area contributed by atoms with Gasteiger partial charge in [0.15, 0.2) is 5.60 Å². The van der Waals surface area contributed by atoms with Gasteiger partial charge in [0.1, 0.15) is 23.0 Å². The Hall–Kier alpha value is -6.57. The Labute approximate surface area is 387 Å². The minimum absolute atomic E-state index is 0.0475. The lowest BCUT2D eigenvalue weighted by molar-refractivity contribution is -0.132. The SMILES string of the molecule is COc1ccc(C2(c3ccc(N4CCOCC4)cc3)C=Cc3c4c(c5cc(-c6cccc7ccccc67)c(OC)cc5c3O2)-c2cccc(OC(C)=O)c2C42CC(C)(C)CC(C)(C)C2)cc1. The van der Waals surface area contributed by atoms with Crippen molar-refractivity contribution in [1.82, 2.24) is 0 Å². The molecule has 7 aromatic carbocycles. The zero-order valence-electron chi connectivity index (χ0n) is 39.0. The minimum Gasteiger partial charge on any atom is -0.497 e. The number of nitrogens with zero attached hydrogens (tertiary/aromatic N) is 1. The molecule has 1 saturated carbocycles. The first kappa shape index (κ1) is 42.1. The lowest BCUT2D eigenvalue weighted by atomic mass is 9.52. The van der Waals surface area contributed by atoms with Crippen LogP contribution in [0.5, 0.6) is 23.0 Å². The van der Waals surface area contributed by atoms with Crippen LogP contribution in [0.4, 0.5) is 5.69 Å². The minimum atomic E-state index is -1.02. The highest BCUT2D eigenvalue weighted by Crippen LogP contribution is 2.68. The molecule has 0 aromatic heterocycles. The fourth-order valence-electron chi connectivity index (χ4n) is 12.9. The van der Waals surface area contributed by atoms with Crippen LogP contribution in [0, 0.1) is 10.8 Å². The van der Waals surface area contributed by atoms with Gasteiger partial charge < -0.3 is 28.6 Å². The molecule has 7 aromatic rings. The van der Waals surface area contributed by atoms with Crippen molar-refractivity contribution in [3.63, 3.8) is 0 Å². The number of ether oxygens (including phenoxy) is 5. The van der Waals surface area contributed by atoms with Gasteiger partial charge in [-0.3, -0.25) is 4.79 Å². The molecular formula is C59H57NO6. The van der Waals surface area contributed by atoms with E-state index in [1.165, 1.54) is 12.5 Å². The fourth-order valence-corrected chi connectivity index (χ4v) is 12.9. The van der Waals surface area contributed by atoms with Crippen molar-refractivity contribution in [2.24, 2.45) is 10.8 Å². The van der Waals surface area contributed by atoms with E-state index in [9.17, 15) is 4.79 Å². The molecule has 0 radical (unpaired) electrons. The van der Waals surface area contributed by atoms with Gasteiger partial charge >= 0.3 is 5.97 Å². The Balaban J connectivity index is 1.25. The number of benzene rings is 7. The summed E-state index contributed by atoms with van der Waals surface area (Å²) in [5.41, 5.74) is 9.23. The number of hydrogen-bond acceptors (Lipinski definition) is 7. The topological polar surface area (TPSA) is 66.5 Å². The average Bonchev–Trinajstić information content (AvgIpc) is 3.58. The van der Waals surface area contributed by atoms with E-state index < -0.39 is 11.0 Å². The van der Waals surface area contributed by atoms with Gasteiger partial charge in [-0.25, -0.2) is 0 Å². The second kappa shape index (κ2) is 15.5. The summed E-state index contributed by atoms with van der Waals surface area (Å²) in [7, 11) is 3.46. The molecule has 2 heterocycles. The van der Waals surface area contributed by atoms with Crippen molar-refractivity contribution in [2.45, 2.75) is 64.9 Å². The quantitative estimate of drug-likeness (QED) is 0.117. The highest BCUT2D eigenvalue weighted by atomic mass is 16.5. The summed E-state index contributed by atoms with van der Waals surface area (Å²) < 4.78 is 32.0. The van der Waals surface area contributed by atoms with Crippen LogP contribution < -0.4 is 23.8 Å². The van der Waals surface area contributed by atoms with Gasteiger partial charge in [-0.15, -0.1) is 0 Å². The molecule has 1 saturated heterocycles. The first-order chi connectivity index (χ1) is 31.8. The van der Waals surface area contributed by atoms with Crippen LogP contribution in [0.1, 0.15) is 81.7 Å². The van der Waals surface area contributed by atoms with Crippen molar-refractivity contribution in [3.05, 3.63) is 155 Å². The molecule has 7 nitrogen and oxygen atoms in total. The maximum absolute atomic E-state index is 13.0. The van der Waals surface area contributed by atoms with Crippen molar-refractivity contribution in [1.29, 1.82) is 0 Å². The number of morpholine rings is 1. The van der Waals surface area contributed by atoms with E-state index in [-0.39, 0.29) is 16.8 Å². The van der Waals surface area contributed by atoms with Crippen LogP contribution in [0.25, 0.3) is 49.9 Å². The molecule has 1 spiro atoms. The molecule has 0 amide bonds. The number of carbonyl (C=O) groups is 1. The van der Waals surface area contributed by atoms with Gasteiger partial charge in [0.05, 0.1) is 27.4 Å². The highest BCUT2D eigenvalue weighted by Gasteiger charge is 2.57.